The highest BCUT2D eigenvalue weighted by Crippen LogP contribution is 2.15. The molecule has 3 nitrogen and oxygen atoms in total. The highest BCUT2D eigenvalue weighted by molar-refractivity contribution is 6.37. The van der Waals surface area contributed by atoms with E-state index in [-0.39, 0.29) is 12.2 Å². The van der Waals surface area contributed by atoms with E-state index < -0.39 is 7.32 Å². The second-order valence-corrected chi connectivity index (χ2v) is 2.43. The van der Waals surface area contributed by atoms with Gasteiger partial charge in [-0.1, -0.05) is 0 Å². The maximum absolute atomic E-state index is 5.27. The Kier molecular flexibility index (Phi) is 2.71. The smallest absolute Gasteiger partial charge is 0.386 e. The largest absolute Gasteiger partial charge is 0.639 e. The van der Waals surface area contributed by atoms with E-state index in [0.29, 0.717) is 6.61 Å². The monoisotopic (exact) mass is 144 g/mol. The molecule has 1 aliphatic heterocycles. The molecule has 58 valence electrons. The van der Waals surface area contributed by atoms with E-state index in [2.05, 4.69) is 0 Å². The zero-order chi connectivity index (χ0) is 7.56. The summed E-state index contributed by atoms with van der Waals surface area (Å²) in [6, 6.07) is 0. The second kappa shape index (κ2) is 3.37. The maximum atomic E-state index is 5.27. The summed E-state index contributed by atoms with van der Waals surface area (Å²) in [6.45, 7) is 6.50. The van der Waals surface area contributed by atoms with E-state index in [4.69, 9.17) is 14.0 Å². The van der Waals surface area contributed by atoms with Crippen LogP contribution in [0.2, 0.25) is 0 Å². The molecule has 1 fully saturated rings. The van der Waals surface area contributed by atoms with Crippen molar-refractivity contribution in [1.82, 2.24) is 0 Å². The van der Waals surface area contributed by atoms with E-state index in [1.54, 1.807) is 0 Å². The Balaban J connectivity index is 2.27. The SMILES string of the molecule is CCOB1OC(C)C(C)O1. The maximum Gasteiger partial charge on any atom is 0.639 e. The molecule has 0 amide bonds. The highest BCUT2D eigenvalue weighted by atomic mass is 16.8. The van der Waals surface area contributed by atoms with Gasteiger partial charge in [-0.15, -0.1) is 0 Å². The number of hydrogen-bond acceptors (Lipinski definition) is 3. The van der Waals surface area contributed by atoms with Gasteiger partial charge in [0.25, 0.3) is 0 Å². The summed E-state index contributed by atoms with van der Waals surface area (Å²) in [5, 5.41) is 0. The molecule has 0 saturated carbocycles. The van der Waals surface area contributed by atoms with Crippen LogP contribution in [0, 0.1) is 0 Å². The van der Waals surface area contributed by atoms with Crippen LogP contribution >= 0.6 is 0 Å². The zero-order valence-corrected chi connectivity index (χ0v) is 6.66. The summed E-state index contributed by atoms with van der Waals surface area (Å²) >= 11 is 0. The Morgan fingerprint density at radius 1 is 1.30 bits per heavy atom. The lowest BCUT2D eigenvalue weighted by molar-refractivity contribution is 0.172. The third-order valence-corrected chi connectivity index (χ3v) is 1.62. The first-order chi connectivity index (χ1) is 4.74. The van der Waals surface area contributed by atoms with Crippen LogP contribution in [0.25, 0.3) is 0 Å². The topological polar surface area (TPSA) is 27.7 Å². The molecular weight excluding hydrogens is 131 g/mol. The molecule has 0 N–H and O–H groups in total. The molecule has 10 heavy (non-hydrogen) atoms. The molecule has 2 atom stereocenters. The van der Waals surface area contributed by atoms with Crippen molar-refractivity contribution in [3.05, 3.63) is 0 Å². The van der Waals surface area contributed by atoms with Crippen LogP contribution in [-0.2, 0) is 14.0 Å². The van der Waals surface area contributed by atoms with Gasteiger partial charge < -0.3 is 14.0 Å². The van der Waals surface area contributed by atoms with Crippen molar-refractivity contribution >= 4 is 7.32 Å². The Labute approximate surface area is 61.8 Å². The minimum Gasteiger partial charge on any atom is -0.386 e. The Morgan fingerprint density at radius 3 is 2.20 bits per heavy atom. The van der Waals surface area contributed by atoms with Crippen molar-refractivity contribution in [2.24, 2.45) is 0 Å². The first-order valence-electron chi connectivity index (χ1n) is 3.66. The van der Waals surface area contributed by atoms with Gasteiger partial charge in [-0.25, -0.2) is 0 Å². The van der Waals surface area contributed by atoms with Crippen molar-refractivity contribution in [3.63, 3.8) is 0 Å². The standard InChI is InChI=1S/C6H13BO3/c1-4-8-7-9-5(2)6(3)10-7/h5-6H,4H2,1-3H3. The van der Waals surface area contributed by atoms with E-state index in [1.165, 1.54) is 0 Å². The summed E-state index contributed by atoms with van der Waals surface area (Å²) in [5.41, 5.74) is 0. The van der Waals surface area contributed by atoms with Gasteiger partial charge in [0, 0.05) is 6.61 Å². The number of rotatable bonds is 2. The lowest BCUT2D eigenvalue weighted by Gasteiger charge is -2.04. The minimum atomic E-state index is -0.435. The van der Waals surface area contributed by atoms with Crippen molar-refractivity contribution in [2.75, 3.05) is 6.61 Å². The first-order valence-corrected chi connectivity index (χ1v) is 3.66. The van der Waals surface area contributed by atoms with Crippen LogP contribution < -0.4 is 0 Å². The molecule has 2 unspecified atom stereocenters. The van der Waals surface area contributed by atoms with Crippen LogP contribution in [0.1, 0.15) is 20.8 Å². The fourth-order valence-corrected chi connectivity index (χ4v) is 0.819. The molecule has 0 spiro atoms. The van der Waals surface area contributed by atoms with Gasteiger partial charge in [0.2, 0.25) is 0 Å². The Bertz CT molecular complexity index is 99.2. The summed E-state index contributed by atoms with van der Waals surface area (Å²) in [7, 11) is -0.435. The quantitative estimate of drug-likeness (QED) is 0.537. The van der Waals surface area contributed by atoms with E-state index in [1.807, 2.05) is 20.8 Å². The Hall–Kier alpha value is -0.0551. The predicted molar refractivity (Wildman–Crippen MR) is 38.5 cm³/mol. The zero-order valence-electron chi connectivity index (χ0n) is 6.66. The Morgan fingerprint density at radius 2 is 1.80 bits per heavy atom. The molecule has 1 saturated heterocycles. The van der Waals surface area contributed by atoms with Crippen LogP contribution in [0.3, 0.4) is 0 Å². The molecule has 0 bridgehead atoms. The molecule has 1 heterocycles. The van der Waals surface area contributed by atoms with E-state index in [9.17, 15) is 0 Å². The lowest BCUT2D eigenvalue weighted by atomic mass is 10.2. The van der Waals surface area contributed by atoms with Gasteiger partial charge in [-0.3, -0.25) is 0 Å². The third-order valence-electron chi connectivity index (χ3n) is 1.62. The molecule has 0 aromatic rings. The lowest BCUT2D eigenvalue weighted by Crippen LogP contribution is -2.20. The third kappa shape index (κ3) is 1.72. The molecular formula is C6H13BO3. The molecule has 1 rings (SSSR count). The van der Waals surface area contributed by atoms with Gasteiger partial charge in [-0.2, -0.15) is 0 Å². The fourth-order valence-electron chi connectivity index (χ4n) is 0.819. The van der Waals surface area contributed by atoms with Gasteiger partial charge in [0.05, 0.1) is 12.2 Å². The summed E-state index contributed by atoms with van der Waals surface area (Å²) in [5.74, 6) is 0. The molecule has 1 aliphatic rings. The average Bonchev–Trinajstić information content (AvgIpc) is 2.14. The second-order valence-electron chi connectivity index (χ2n) is 2.43. The molecule has 0 radical (unpaired) electrons. The highest BCUT2D eigenvalue weighted by Gasteiger charge is 2.36. The van der Waals surface area contributed by atoms with Crippen molar-refractivity contribution in [2.45, 2.75) is 33.0 Å². The summed E-state index contributed by atoms with van der Waals surface area (Å²) in [4.78, 5) is 0. The molecule has 0 aromatic heterocycles. The van der Waals surface area contributed by atoms with E-state index in [0.717, 1.165) is 0 Å². The molecule has 0 aliphatic carbocycles. The van der Waals surface area contributed by atoms with Crippen LogP contribution in [0.4, 0.5) is 0 Å². The fraction of sp³-hybridized carbons (Fsp3) is 1.00. The average molecular weight is 144 g/mol. The van der Waals surface area contributed by atoms with Gasteiger partial charge in [-0.05, 0) is 20.8 Å². The van der Waals surface area contributed by atoms with Gasteiger partial charge in [0.1, 0.15) is 0 Å². The van der Waals surface area contributed by atoms with Crippen LogP contribution in [0.15, 0.2) is 0 Å². The van der Waals surface area contributed by atoms with Crippen molar-refractivity contribution < 1.29 is 14.0 Å². The first kappa shape index (κ1) is 8.05. The van der Waals surface area contributed by atoms with Crippen LogP contribution in [-0.4, -0.2) is 26.1 Å². The van der Waals surface area contributed by atoms with Crippen molar-refractivity contribution in [1.29, 1.82) is 0 Å². The number of hydrogen-bond donors (Lipinski definition) is 0. The minimum absolute atomic E-state index is 0.150. The molecule has 4 heteroatoms. The summed E-state index contributed by atoms with van der Waals surface area (Å²) in [6.07, 6.45) is 0.299. The normalized spacial score (nSPS) is 33.3. The van der Waals surface area contributed by atoms with Crippen molar-refractivity contribution in [3.8, 4) is 0 Å². The van der Waals surface area contributed by atoms with Gasteiger partial charge >= 0.3 is 7.32 Å². The predicted octanol–water partition coefficient (Wildman–Crippen LogP) is 0.832. The van der Waals surface area contributed by atoms with Crippen LogP contribution in [0.5, 0.6) is 0 Å². The van der Waals surface area contributed by atoms with Gasteiger partial charge in [0.15, 0.2) is 0 Å². The van der Waals surface area contributed by atoms with E-state index >= 15 is 0 Å². The summed E-state index contributed by atoms with van der Waals surface area (Å²) < 4.78 is 15.6. The molecule has 0 aromatic carbocycles.